The van der Waals surface area contributed by atoms with Crippen molar-refractivity contribution in [2.75, 3.05) is 18.5 Å². The largest absolute Gasteiger partial charge is 0.396 e. The lowest BCUT2D eigenvalue weighted by atomic mass is 9.65. The first-order chi connectivity index (χ1) is 17.1. The number of benzene rings is 1. The van der Waals surface area contributed by atoms with Gasteiger partial charge in [-0.05, 0) is 65.0 Å². The molecular weight excluding hydrogens is 458 g/mol. The zero-order chi connectivity index (χ0) is 26.1. The number of aliphatic hydroxyl groups excluding tert-OH is 1. The summed E-state index contributed by atoms with van der Waals surface area (Å²) in [4.78, 5) is 43.2. The van der Waals surface area contributed by atoms with Gasteiger partial charge >= 0.3 is 0 Å². The van der Waals surface area contributed by atoms with E-state index in [-0.39, 0.29) is 24.3 Å². The second-order valence-electron chi connectivity index (χ2n) is 11.6. The third-order valence-corrected chi connectivity index (χ3v) is 8.06. The molecule has 1 aromatic rings. The SMILES string of the molecule is CC[C@]12CCC3(O1)C(C(=O)NC(C)(C)C)N(CCCCCCO)C(=O)[C@@H]3[C@H]2C(=O)Nc1ccccc1. The van der Waals surface area contributed by atoms with Crippen molar-refractivity contribution in [1.29, 1.82) is 0 Å². The summed E-state index contributed by atoms with van der Waals surface area (Å²) in [6.07, 6.45) is 4.99. The van der Waals surface area contributed by atoms with Crippen molar-refractivity contribution in [3.8, 4) is 0 Å². The molecule has 1 aromatic carbocycles. The van der Waals surface area contributed by atoms with Gasteiger partial charge in [0, 0.05) is 24.4 Å². The van der Waals surface area contributed by atoms with Crippen molar-refractivity contribution in [2.24, 2.45) is 11.8 Å². The minimum absolute atomic E-state index is 0.148. The molecule has 2 bridgehead atoms. The van der Waals surface area contributed by atoms with Crippen molar-refractivity contribution < 1.29 is 24.2 Å². The van der Waals surface area contributed by atoms with Gasteiger partial charge in [-0.1, -0.05) is 38.0 Å². The summed E-state index contributed by atoms with van der Waals surface area (Å²) >= 11 is 0. The molecule has 8 nitrogen and oxygen atoms in total. The molecular formula is C28H41N3O5. The van der Waals surface area contributed by atoms with Crippen molar-refractivity contribution in [3.05, 3.63) is 30.3 Å². The lowest BCUT2D eigenvalue weighted by molar-refractivity contribution is -0.147. The third-order valence-electron chi connectivity index (χ3n) is 8.06. The summed E-state index contributed by atoms with van der Waals surface area (Å²) in [5, 5.41) is 15.2. The van der Waals surface area contributed by atoms with E-state index in [2.05, 4.69) is 10.6 Å². The minimum Gasteiger partial charge on any atom is -0.396 e. The van der Waals surface area contributed by atoms with Gasteiger partial charge in [-0.2, -0.15) is 0 Å². The van der Waals surface area contributed by atoms with E-state index in [1.165, 1.54) is 0 Å². The number of amides is 3. The van der Waals surface area contributed by atoms with Crippen LogP contribution in [0.5, 0.6) is 0 Å². The number of carbonyl (C=O) groups excluding carboxylic acids is 3. The molecule has 4 rings (SSSR count). The number of anilines is 1. The van der Waals surface area contributed by atoms with E-state index in [9.17, 15) is 14.4 Å². The standard InChI is InChI=1S/C28H41N3O5/c1-5-27-15-16-28(36-27)21(20(27)23(33)29-19-13-9-8-10-14-19)25(35)31(17-11-6-7-12-18-32)22(28)24(34)30-26(2,3)4/h8-10,13-14,20-22,32H,5-7,11-12,15-18H2,1-4H3,(H,29,33)(H,30,34)/t20-,21-,22?,27+,28?/m0/s1. The fourth-order valence-electron chi connectivity index (χ4n) is 6.58. The summed E-state index contributed by atoms with van der Waals surface area (Å²) in [6, 6.07) is 8.49. The van der Waals surface area contributed by atoms with Gasteiger partial charge in [0.05, 0.1) is 17.4 Å². The number of nitrogens with zero attached hydrogens (tertiary/aromatic N) is 1. The van der Waals surface area contributed by atoms with Crippen LogP contribution in [0.1, 0.15) is 72.6 Å². The molecule has 0 aliphatic carbocycles. The molecule has 8 heteroatoms. The van der Waals surface area contributed by atoms with Crippen molar-refractivity contribution in [2.45, 2.75) is 95.4 Å². The molecule has 3 N–H and O–H groups in total. The number of aliphatic hydroxyl groups is 1. The van der Waals surface area contributed by atoms with Crippen LogP contribution in [0.25, 0.3) is 0 Å². The van der Waals surface area contributed by atoms with Crippen molar-refractivity contribution >= 4 is 23.4 Å². The van der Waals surface area contributed by atoms with Gasteiger partial charge in [-0.15, -0.1) is 0 Å². The van der Waals surface area contributed by atoms with Gasteiger partial charge < -0.3 is 25.4 Å². The fraction of sp³-hybridized carbons (Fsp3) is 0.679. The second-order valence-corrected chi connectivity index (χ2v) is 11.6. The number of unbranched alkanes of at least 4 members (excludes halogenated alkanes) is 3. The van der Waals surface area contributed by atoms with E-state index in [0.29, 0.717) is 31.5 Å². The predicted octanol–water partition coefficient (Wildman–Crippen LogP) is 3.25. The third kappa shape index (κ3) is 4.65. The maximum absolute atomic E-state index is 14.0. The average Bonchev–Trinajstić information content (AvgIpc) is 3.42. The molecule has 198 valence electrons. The number of carbonyl (C=O) groups is 3. The quantitative estimate of drug-likeness (QED) is 0.429. The van der Waals surface area contributed by atoms with E-state index in [1.807, 2.05) is 58.0 Å². The van der Waals surface area contributed by atoms with Crippen LogP contribution in [-0.4, -0.2) is 63.7 Å². The Labute approximate surface area is 214 Å². The highest BCUT2D eigenvalue weighted by Gasteiger charge is 2.78. The highest BCUT2D eigenvalue weighted by Crippen LogP contribution is 2.64. The summed E-state index contributed by atoms with van der Waals surface area (Å²) in [5.74, 6) is -1.95. The van der Waals surface area contributed by atoms with Crippen LogP contribution in [0.3, 0.4) is 0 Å². The Hall–Kier alpha value is -2.45. The van der Waals surface area contributed by atoms with E-state index in [0.717, 1.165) is 25.7 Å². The number of likely N-dealkylation sites (tertiary alicyclic amines) is 1. The smallest absolute Gasteiger partial charge is 0.246 e. The summed E-state index contributed by atoms with van der Waals surface area (Å²) in [5.41, 5.74) is -1.55. The van der Waals surface area contributed by atoms with Gasteiger partial charge in [0.1, 0.15) is 11.6 Å². The molecule has 0 saturated carbocycles. The van der Waals surface area contributed by atoms with Crippen molar-refractivity contribution in [1.82, 2.24) is 10.2 Å². The van der Waals surface area contributed by atoms with Gasteiger partial charge in [0.15, 0.2) is 0 Å². The number of fused-ring (bicyclic) bond motifs is 1. The van der Waals surface area contributed by atoms with Crippen LogP contribution >= 0.6 is 0 Å². The number of nitrogens with one attached hydrogen (secondary N) is 2. The molecule has 3 fully saturated rings. The Balaban J connectivity index is 1.67. The fourth-order valence-corrected chi connectivity index (χ4v) is 6.58. The van der Waals surface area contributed by atoms with Crippen LogP contribution in [0.4, 0.5) is 5.69 Å². The van der Waals surface area contributed by atoms with Crippen LogP contribution in [0.2, 0.25) is 0 Å². The molecule has 3 aliphatic rings. The number of hydrogen-bond acceptors (Lipinski definition) is 5. The molecule has 0 aromatic heterocycles. The Bertz CT molecular complexity index is 977. The minimum atomic E-state index is -1.01. The van der Waals surface area contributed by atoms with Gasteiger partial charge in [-0.3, -0.25) is 14.4 Å². The molecule has 3 heterocycles. The number of hydrogen-bond donors (Lipinski definition) is 3. The van der Waals surface area contributed by atoms with Gasteiger partial charge in [0.2, 0.25) is 17.7 Å². The normalized spacial score (nSPS) is 31.0. The Morgan fingerprint density at radius 1 is 1.08 bits per heavy atom. The Kier molecular flexibility index (Phi) is 7.49. The molecule has 0 radical (unpaired) electrons. The molecule has 36 heavy (non-hydrogen) atoms. The highest BCUT2D eigenvalue weighted by molar-refractivity contribution is 6.02. The summed E-state index contributed by atoms with van der Waals surface area (Å²) < 4.78 is 6.77. The lowest BCUT2D eigenvalue weighted by Crippen LogP contribution is -2.58. The highest BCUT2D eigenvalue weighted by atomic mass is 16.5. The Morgan fingerprint density at radius 3 is 2.42 bits per heavy atom. The maximum Gasteiger partial charge on any atom is 0.246 e. The van der Waals surface area contributed by atoms with Crippen LogP contribution < -0.4 is 10.6 Å². The molecule has 2 unspecified atom stereocenters. The predicted molar refractivity (Wildman–Crippen MR) is 137 cm³/mol. The second kappa shape index (κ2) is 10.1. The van der Waals surface area contributed by atoms with E-state index in [1.54, 1.807) is 4.90 Å². The molecule has 3 saturated heterocycles. The van der Waals surface area contributed by atoms with Gasteiger partial charge in [0.25, 0.3) is 0 Å². The van der Waals surface area contributed by atoms with Gasteiger partial charge in [-0.25, -0.2) is 0 Å². The zero-order valence-corrected chi connectivity index (χ0v) is 22.0. The topological polar surface area (TPSA) is 108 Å². The van der Waals surface area contributed by atoms with E-state index >= 15 is 0 Å². The monoisotopic (exact) mass is 499 g/mol. The van der Waals surface area contributed by atoms with Crippen LogP contribution in [-0.2, 0) is 19.1 Å². The zero-order valence-electron chi connectivity index (χ0n) is 22.0. The maximum atomic E-state index is 14.0. The van der Waals surface area contributed by atoms with Crippen LogP contribution in [0.15, 0.2) is 30.3 Å². The van der Waals surface area contributed by atoms with Crippen LogP contribution in [0, 0.1) is 11.8 Å². The van der Waals surface area contributed by atoms with E-state index < -0.39 is 34.6 Å². The first-order valence-electron chi connectivity index (χ1n) is 13.4. The number of ether oxygens (including phenoxy) is 1. The molecule has 3 aliphatic heterocycles. The number of para-hydroxylation sites is 1. The summed E-state index contributed by atoms with van der Waals surface area (Å²) in [6.45, 7) is 8.35. The van der Waals surface area contributed by atoms with Crippen molar-refractivity contribution in [3.63, 3.8) is 0 Å². The lowest BCUT2D eigenvalue weighted by Gasteiger charge is -2.35. The number of rotatable bonds is 10. The van der Waals surface area contributed by atoms with E-state index in [4.69, 9.17) is 9.84 Å². The first-order valence-corrected chi connectivity index (χ1v) is 13.4. The molecule has 1 spiro atoms. The summed E-state index contributed by atoms with van der Waals surface area (Å²) in [7, 11) is 0. The Morgan fingerprint density at radius 2 is 1.78 bits per heavy atom. The molecule has 3 amide bonds. The molecule has 5 atom stereocenters. The average molecular weight is 500 g/mol. The first kappa shape index (κ1) is 26.6.